The molecule has 1 aliphatic heterocycles. The van der Waals surface area contributed by atoms with Gasteiger partial charge in [0.05, 0.1) is 23.6 Å². The highest BCUT2D eigenvalue weighted by Gasteiger charge is 2.33. The highest BCUT2D eigenvalue weighted by Crippen LogP contribution is 2.37. The normalized spacial score (nSPS) is 15.4. The lowest BCUT2D eigenvalue weighted by molar-refractivity contribution is -0.137. The minimum Gasteiger partial charge on any atom is -0.493 e. The van der Waals surface area contributed by atoms with Crippen LogP contribution in [0.1, 0.15) is 17.5 Å². The third-order valence-electron chi connectivity index (χ3n) is 3.89. The molecule has 0 aromatic heterocycles. The van der Waals surface area contributed by atoms with Crippen molar-refractivity contribution in [1.82, 2.24) is 0 Å². The van der Waals surface area contributed by atoms with Gasteiger partial charge < -0.3 is 9.84 Å². The van der Waals surface area contributed by atoms with E-state index in [1.54, 1.807) is 29.2 Å². The third kappa shape index (κ3) is 4.56. The van der Waals surface area contributed by atoms with Crippen LogP contribution in [0.25, 0.3) is 6.08 Å². The highest BCUT2D eigenvalue weighted by molar-refractivity contribution is 8.27. The van der Waals surface area contributed by atoms with E-state index >= 15 is 0 Å². The first-order valence-corrected chi connectivity index (χ1v) is 9.46. The summed E-state index contributed by atoms with van der Waals surface area (Å²) < 4.78 is 5.93. The molecule has 138 valence electrons. The summed E-state index contributed by atoms with van der Waals surface area (Å²) in [5.74, 6) is -0.512. The van der Waals surface area contributed by atoms with Gasteiger partial charge in [0.2, 0.25) is 0 Å². The summed E-state index contributed by atoms with van der Waals surface area (Å²) >= 11 is 6.67. The molecular formula is C20H17NO4S2. The van der Waals surface area contributed by atoms with E-state index in [2.05, 4.69) is 0 Å². The number of aryl methyl sites for hydroxylation is 1. The number of hydrogen-bond donors (Lipinski definition) is 1. The number of carboxylic acid groups (broad SMARTS) is 1. The lowest BCUT2D eigenvalue weighted by atomic mass is 10.1. The van der Waals surface area contributed by atoms with Gasteiger partial charge in [-0.2, -0.15) is 0 Å². The van der Waals surface area contributed by atoms with Crippen LogP contribution in [0.4, 0.5) is 5.69 Å². The molecule has 1 saturated heterocycles. The van der Waals surface area contributed by atoms with Crippen molar-refractivity contribution in [3.63, 3.8) is 0 Å². The van der Waals surface area contributed by atoms with Crippen LogP contribution in [0.2, 0.25) is 0 Å². The number of carbonyl (C=O) groups excluding carboxylic acids is 1. The molecule has 1 aliphatic rings. The lowest BCUT2D eigenvalue weighted by Crippen LogP contribution is -2.28. The van der Waals surface area contributed by atoms with Crippen molar-refractivity contribution < 1.29 is 19.4 Å². The van der Waals surface area contributed by atoms with E-state index in [1.165, 1.54) is 11.8 Å². The smallest absolute Gasteiger partial charge is 0.306 e. The maximum absolute atomic E-state index is 12.9. The summed E-state index contributed by atoms with van der Waals surface area (Å²) in [6.45, 7) is 2.03. The number of amides is 1. The Bertz CT molecular complexity index is 939. The fourth-order valence-electron chi connectivity index (χ4n) is 2.59. The number of thioether (sulfide) groups is 1. The minimum absolute atomic E-state index is 0.0701. The van der Waals surface area contributed by atoms with Crippen LogP contribution in [-0.4, -0.2) is 27.9 Å². The first kappa shape index (κ1) is 19.1. The van der Waals surface area contributed by atoms with E-state index in [0.29, 0.717) is 15.0 Å². The van der Waals surface area contributed by atoms with E-state index in [4.69, 9.17) is 22.1 Å². The largest absolute Gasteiger partial charge is 0.493 e. The summed E-state index contributed by atoms with van der Waals surface area (Å²) in [5.41, 5.74) is 2.55. The number of nitrogens with zero attached hydrogens (tertiary/aromatic N) is 1. The van der Waals surface area contributed by atoms with E-state index in [9.17, 15) is 9.59 Å². The molecule has 3 rings (SSSR count). The topological polar surface area (TPSA) is 66.8 Å². The zero-order valence-electron chi connectivity index (χ0n) is 14.5. The van der Waals surface area contributed by atoms with Gasteiger partial charge in [-0.25, -0.2) is 0 Å². The summed E-state index contributed by atoms with van der Waals surface area (Å²) in [6.07, 6.45) is 1.70. The van der Waals surface area contributed by atoms with Crippen LogP contribution < -0.4 is 9.64 Å². The Morgan fingerprint density at radius 2 is 2.04 bits per heavy atom. The van der Waals surface area contributed by atoms with Crippen molar-refractivity contribution in [2.24, 2.45) is 0 Å². The number of hydrogen-bond acceptors (Lipinski definition) is 5. The van der Waals surface area contributed by atoms with Crippen molar-refractivity contribution in [2.45, 2.75) is 13.3 Å². The summed E-state index contributed by atoms with van der Waals surface area (Å²) in [5, 5.41) is 8.68. The van der Waals surface area contributed by atoms with E-state index < -0.39 is 5.97 Å². The molecule has 0 aliphatic carbocycles. The van der Waals surface area contributed by atoms with Crippen LogP contribution >= 0.6 is 24.0 Å². The number of carboxylic acids is 1. The van der Waals surface area contributed by atoms with Gasteiger partial charge in [-0.3, -0.25) is 14.5 Å². The van der Waals surface area contributed by atoms with Crippen molar-refractivity contribution in [1.29, 1.82) is 0 Å². The highest BCUT2D eigenvalue weighted by atomic mass is 32.2. The fourth-order valence-corrected chi connectivity index (χ4v) is 3.88. The van der Waals surface area contributed by atoms with Gasteiger partial charge in [-0.15, -0.1) is 0 Å². The summed E-state index contributed by atoms with van der Waals surface area (Å²) in [6, 6.07) is 14.8. The van der Waals surface area contributed by atoms with Gasteiger partial charge in [-0.1, -0.05) is 54.3 Å². The van der Waals surface area contributed by atoms with Gasteiger partial charge in [0.1, 0.15) is 5.75 Å². The Hall–Kier alpha value is -2.64. The van der Waals surface area contributed by atoms with Crippen LogP contribution in [-0.2, 0) is 9.59 Å². The molecule has 27 heavy (non-hydrogen) atoms. The molecule has 1 N–H and O–H groups in total. The molecule has 0 spiro atoms. The summed E-state index contributed by atoms with van der Waals surface area (Å²) in [4.78, 5) is 25.5. The zero-order valence-corrected chi connectivity index (χ0v) is 16.2. The zero-order chi connectivity index (χ0) is 19.4. The monoisotopic (exact) mass is 399 g/mol. The van der Waals surface area contributed by atoms with Crippen LogP contribution in [0.3, 0.4) is 0 Å². The fraction of sp³-hybridized carbons (Fsp3) is 0.150. The molecule has 1 amide bonds. The molecule has 1 fully saturated rings. The number of aliphatic carboxylic acids is 1. The molecule has 2 aromatic carbocycles. The second-order valence-corrected chi connectivity index (χ2v) is 7.54. The SMILES string of the molecule is Cc1ccccc1N1C(=O)/C(=C\c2cccc(OCCC(=O)O)c2)SC1=S. The molecule has 7 heteroatoms. The lowest BCUT2D eigenvalue weighted by Gasteiger charge is -2.16. The van der Waals surface area contributed by atoms with Crippen LogP contribution in [0.5, 0.6) is 5.75 Å². The third-order valence-corrected chi connectivity index (χ3v) is 5.19. The molecule has 5 nitrogen and oxygen atoms in total. The molecule has 0 radical (unpaired) electrons. The number of carbonyl (C=O) groups is 2. The molecule has 0 atom stereocenters. The molecule has 2 aromatic rings. The van der Waals surface area contributed by atoms with Crippen LogP contribution in [0.15, 0.2) is 53.4 Å². The number of para-hydroxylation sites is 1. The predicted octanol–water partition coefficient (Wildman–Crippen LogP) is 4.25. The van der Waals surface area contributed by atoms with Crippen molar-refractivity contribution >= 4 is 51.9 Å². The number of thiocarbonyl (C=S) groups is 1. The van der Waals surface area contributed by atoms with Gasteiger partial charge in [0.15, 0.2) is 4.32 Å². The predicted molar refractivity (Wildman–Crippen MR) is 111 cm³/mol. The molecular weight excluding hydrogens is 382 g/mol. The Morgan fingerprint density at radius 3 is 2.78 bits per heavy atom. The second kappa shape index (κ2) is 8.37. The first-order chi connectivity index (χ1) is 13.0. The number of ether oxygens (including phenoxy) is 1. The Labute approximate surface area is 166 Å². The van der Waals surface area contributed by atoms with E-state index in [0.717, 1.165) is 16.8 Å². The van der Waals surface area contributed by atoms with E-state index in [1.807, 2.05) is 37.3 Å². The average Bonchev–Trinajstić information content (AvgIpc) is 2.89. The molecule has 1 heterocycles. The van der Waals surface area contributed by atoms with Crippen molar-refractivity contribution in [2.75, 3.05) is 11.5 Å². The molecule has 0 saturated carbocycles. The first-order valence-electron chi connectivity index (χ1n) is 8.24. The average molecular weight is 399 g/mol. The Balaban J connectivity index is 1.80. The van der Waals surface area contributed by atoms with Crippen molar-refractivity contribution in [3.8, 4) is 5.75 Å². The quantitative estimate of drug-likeness (QED) is 0.578. The van der Waals surface area contributed by atoms with E-state index in [-0.39, 0.29) is 18.9 Å². The van der Waals surface area contributed by atoms with Gasteiger partial charge >= 0.3 is 5.97 Å². The minimum atomic E-state index is -0.911. The standard InChI is InChI=1S/C20H17NO4S2/c1-13-5-2-3-8-16(13)21-19(24)17(27-20(21)26)12-14-6-4-7-15(11-14)25-10-9-18(22)23/h2-8,11-12H,9-10H2,1H3,(H,22,23)/b17-12+. The van der Waals surface area contributed by atoms with Crippen LogP contribution in [0, 0.1) is 6.92 Å². The molecule has 0 bridgehead atoms. The summed E-state index contributed by atoms with van der Waals surface area (Å²) in [7, 11) is 0. The molecule has 0 unspecified atom stereocenters. The van der Waals surface area contributed by atoms with Gasteiger partial charge in [0.25, 0.3) is 5.91 Å². The maximum Gasteiger partial charge on any atom is 0.306 e. The number of rotatable bonds is 6. The van der Waals surface area contributed by atoms with Gasteiger partial charge in [0, 0.05) is 0 Å². The Morgan fingerprint density at radius 1 is 1.26 bits per heavy atom. The number of anilines is 1. The second-order valence-electron chi connectivity index (χ2n) is 5.87. The maximum atomic E-state index is 12.9. The van der Waals surface area contributed by atoms with Gasteiger partial charge in [-0.05, 0) is 42.3 Å². The Kier molecular flexibility index (Phi) is 5.93. The van der Waals surface area contributed by atoms with Crippen molar-refractivity contribution in [3.05, 3.63) is 64.6 Å². The number of benzene rings is 2.